The molecule has 1 aromatic heterocycles. The summed E-state index contributed by atoms with van der Waals surface area (Å²) in [4.78, 5) is 0. The number of benzene rings is 1. The number of methoxy groups -OCH3 is 1. The highest BCUT2D eigenvalue weighted by Gasteiger charge is 2.16. The summed E-state index contributed by atoms with van der Waals surface area (Å²) in [6.07, 6.45) is 0. The maximum Gasteiger partial charge on any atom is 0.119 e. The molecule has 0 saturated carbocycles. The fourth-order valence-electron chi connectivity index (χ4n) is 2.04. The quantitative estimate of drug-likeness (QED) is 0.896. The molecule has 4 nitrogen and oxygen atoms in total. The van der Waals surface area contributed by atoms with E-state index in [4.69, 9.17) is 4.74 Å². The summed E-state index contributed by atoms with van der Waals surface area (Å²) in [5.41, 5.74) is 3.31. The number of nitrogens with zero attached hydrogens (tertiary/aromatic N) is 2. The molecule has 0 fully saturated rings. The van der Waals surface area contributed by atoms with Crippen LogP contribution in [0.15, 0.2) is 30.3 Å². The van der Waals surface area contributed by atoms with Crippen molar-refractivity contribution >= 4 is 0 Å². The summed E-state index contributed by atoms with van der Waals surface area (Å²) >= 11 is 0. The molecule has 0 saturated heterocycles. The molecule has 0 amide bonds. The maximum atomic E-state index is 5.26. The normalized spacial score (nSPS) is 12.4. The number of hydrogen-bond acceptors (Lipinski definition) is 3. The first-order valence-electron chi connectivity index (χ1n) is 5.97. The standard InChI is InChI=1S/C14H19N3O/c1-10-8-13(16-17(10)3)14(15-2)11-6-5-7-12(9-11)18-4/h5-9,14-15H,1-4H3. The van der Waals surface area contributed by atoms with Crippen LogP contribution in [-0.4, -0.2) is 23.9 Å². The fourth-order valence-corrected chi connectivity index (χ4v) is 2.04. The molecule has 0 aliphatic carbocycles. The zero-order valence-corrected chi connectivity index (χ0v) is 11.3. The van der Waals surface area contributed by atoms with Gasteiger partial charge in [-0.1, -0.05) is 12.1 Å². The number of ether oxygens (including phenoxy) is 1. The minimum atomic E-state index is 0.0833. The third-order valence-electron chi connectivity index (χ3n) is 3.14. The number of aryl methyl sites for hydroxylation is 2. The van der Waals surface area contributed by atoms with Crippen LogP contribution in [0.25, 0.3) is 0 Å². The van der Waals surface area contributed by atoms with Crippen molar-refractivity contribution in [1.82, 2.24) is 15.1 Å². The Morgan fingerprint density at radius 3 is 2.67 bits per heavy atom. The minimum Gasteiger partial charge on any atom is -0.497 e. The van der Waals surface area contributed by atoms with Crippen LogP contribution in [-0.2, 0) is 7.05 Å². The van der Waals surface area contributed by atoms with Crippen LogP contribution in [0.1, 0.15) is 23.0 Å². The van der Waals surface area contributed by atoms with Crippen LogP contribution in [0.3, 0.4) is 0 Å². The largest absolute Gasteiger partial charge is 0.497 e. The Hall–Kier alpha value is -1.81. The highest BCUT2D eigenvalue weighted by Crippen LogP contribution is 2.24. The fraction of sp³-hybridized carbons (Fsp3) is 0.357. The molecule has 2 aromatic rings. The lowest BCUT2D eigenvalue weighted by Crippen LogP contribution is -2.18. The number of nitrogens with one attached hydrogen (secondary N) is 1. The second-order valence-electron chi connectivity index (χ2n) is 4.33. The van der Waals surface area contributed by atoms with Gasteiger partial charge in [0.1, 0.15) is 5.75 Å². The van der Waals surface area contributed by atoms with Gasteiger partial charge in [-0.05, 0) is 37.7 Å². The Morgan fingerprint density at radius 1 is 1.33 bits per heavy atom. The second kappa shape index (κ2) is 5.23. The zero-order valence-electron chi connectivity index (χ0n) is 11.3. The lowest BCUT2D eigenvalue weighted by atomic mass is 10.0. The molecule has 96 valence electrons. The highest BCUT2D eigenvalue weighted by atomic mass is 16.5. The Bertz CT molecular complexity index is 514. The van der Waals surface area contributed by atoms with Crippen molar-refractivity contribution in [3.8, 4) is 5.75 Å². The number of aromatic nitrogens is 2. The molecule has 1 atom stereocenters. The Morgan fingerprint density at radius 2 is 2.11 bits per heavy atom. The van der Waals surface area contributed by atoms with Gasteiger partial charge in [0.25, 0.3) is 0 Å². The lowest BCUT2D eigenvalue weighted by Gasteiger charge is -2.15. The molecule has 1 unspecified atom stereocenters. The molecule has 0 spiro atoms. The smallest absolute Gasteiger partial charge is 0.119 e. The van der Waals surface area contributed by atoms with Crippen LogP contribution < -0.4 is 10.1 Å². The lowest BCUT2D eigenvalue weighted by molar-refractivity contribution is 0.413. The van der Waals surface area contributed by atoms with Gasteiger partial charge in [-0.2, -0.15) is 5.10 Å². The third kappa shape index (κ3) is 2.38. The molecule has 1 aromatic carbocycles. The van der Waals surface area contributed by atoms with Crippen molar-refractivity contribution in [2.75, 3.05) is 14.2 Å². The number of hydrogen-bond donors (Lipinski definition) is 1. The average Bonchev–Trinajstić information content (AvgIpc) is 2.70. The zero-order chi connectivity index (χ0) is 13.1. The summed E-state index contributed by atoms with van der Waals surface area (Å²) in [5, 5.41) is 7.82. The predicted octanol–water partition coefficient (Wildman–Crippen LogP) is 2.05. The minimum absolute atomic E-state index is 0.0833. The van der Waals surface area contributed by atoms with Crippen LogP contribution >= 0.6 is 0 Å². The monoisotopic (exact) mass is 245 g/mol. The highest BCUT2D eigenvalue weighted by molar-refractivity contribution is 5.34. The van der Waals surface area contributed by atoms with E-state index < -0.39 is 0 Å². The predicted molar refractivity (Wildman–Crippen MR) is 71.8 cm³/mol. The van der Waals surface area contributed by atoms with Crippen molar-refractivity contribution in [2.24, 2.45) is 7.05 Å². The topological polar surface area (TPSA) is 39.1 Å². The molecule has 18 heavy (non-hydrogen) atoms. The Balaban J connectivity index is 2.38. The van der Waals surface area contributed by atoms with Crippen molar-refractivity contribution in [1.29, 1.82) is 0 Å². The molecule has 4 heteroatoms. The van der Waals surface area contributed by atoms with Gasteiger partial charge in [-0.25, -0.2) is 0 Å². The summed E-state index contributed by atoms with van der Waals surface area (Å²) < 4.78 is 7.15. The molecule has 0 aliphatic rings. The van der Waals surface area contributed by atoms with Crippen LogP contribution in [0.5, 0.6) is 5.75 Å². The van der Waals surface area contributed by atoms with Gasteiger partial charge in [-0.15, -0.1) is 0 Å². The average molecular weight is 245 g/mol. The molecule has 1 N–H and O–H groups in total. The molecule has 0 radical (unpaired) electrons. The van der Waals surface area contributed by atoms with E-state index in [1.165, 1.54) is 0 Å². The number of rotatable bonds is 4. The summed E-state index contributed by atoms with van der Waals surface area (Å²) in [7, 11) is 5.57. The van der Waals surface area contributed by atoms with Gasteiger partial charge >= 0.3 is 0 Å². The van der Waals surface area contributed by atoms with E-state index in [9.17, 15) is 0 Å². The van der Waals surface area contributed by atoms with E-state index in [1.54, 1.807) is 7.11 Å². The summed E-state index contributed by atoms with van der Waals surface area (Å²) in [6.45, 7) is 2.05. The van der Waals surface area contributed by atoms with Gasteiger partial charge in [0, 0.05) is 12.7 Å². The molecule has 2 rings (SSSR count). The van der Waals surface area contributed by atoms with Gasteiger partial charge < -0.3 is 10.1 Å². The van der Waals surface area contributed by atoms with Crippen molar-refractivity contribution in [3.05, 3.63) is 47.3 Å². The van der Waals surface area contributed by atoms with E-state index in [0.717, 1.165) is 22.7 Å². The maximum absolute atomic E-state index is 5.26. The van der Waals surface area contributed by atoms with Crippen LogP contribution in [0, 0.1) is 6.92 Å². The van der Waals surface area contributed by atoms with Crippen molar-refractivity contribution in [3.63, 3.8) is 0 Å². The molecule has 0 bridgehead atoms. The van der Waals surface area contributed by atoms with E-state index >= 15 is 0 Å². The molecule has 1 heterocycles. The SMILES string of the molecule is CNC(c1cccc(OC)c1)c1cc(C)n(C)n1. The van der Waals surface area contributed by atoms with Crippen molar-refractivity contribution < 1.29 is 4.74 Å². The first kappa shape index (κ1) is 12.6. The van der Waals surface area contributed by atoms with Gasteiger partial charge in [0.15, 0.2) is 0 Å². The third-order valence-corrected chi connectivity index (χ3v) is 3.14. The summed E-state index contributed by atoms with van der Waals surface area (Å²) in [6, 6.07) is 10.2. The van der Waals surface area contributed by atoms with E-state index in [2.05, 4.69) is 29.5 Å². The first-order valence-corrected chi connectivity index (χ1v) is 5.97. The second-order valence-corrected chi connectivity index (χ2v) is 4.33. The van der Waals surface area contributed by atoms with Crippen molar-refractivity contribution in [2.45, 2.75) is 13.0 Å². The van der Waals surface area contributed by atoms with E-state index in [1.807, 2.05) is 37.0 Å². The van der Waals surface area contributed by atoms with Gasteiger partial charge in [-0.3, -0.25) is 4.68 Å². The van der Waals surface area contributed by atoms with E-state index in [0.29, 0.717) is 0 Å². The van der Waals surface area contributed by atoms with Gasteiger partial charge in [0.05, 0.1) is 18.8 Å². The molecule has 0 aliphatic heterocycles. The first-order chi connectivity index (χ1) is 8.65. The van der Waals surface area contributed by atoms with Crippen LogP contribution in [0.4, 0.5) is 0 Å². The molecular formula is C14H19N3O. The Kier molecular flexibility index (Phi) is 3.67. The van der Waals surface area contributed by atoms with E-state index in [-0.39, 0.29) is 6.04 Å². The van der Waals surface area contributed by atoms with Gasteiger partial charge in [0.2, 0.25) is 0 Å². The Labute approximate surface area is 108 Å². The van der Waals surface area contributed by atoms with Crippen LogP contribution in [0.2, 0.25) is 0 Å². The molecular weight excluding hydrogens is 226 g/mol. The summed E-state index contributed by atoms with van der Waals surface area (Å²) in [5.74, 6) is 0.861.